The van der Waals surface area contributed by atoms with Gasteiger partial charge in [0.25, 0.3) is 0 Å². The van der Waals surface area contributed by atoms with Gasteiger partial charge in [-0.3, -0.25) is 9.11 Å². The highest BCUT2D eigenvalue weighted by atomic mass is 35.5. The zero-order chi connectivity index (χ0) is 18.0. The van der Waals surface area contributed by atoms with Crippen molar-refractivity contribution in [1.82, 2.24) is 5.32 Å². The molecule has 0 unspecified atom stereocenters. The number of halogens is 3. The Morgan fingerprint density at radius 3 is 2.38 bits per heavy atom. The van der Waals surface area contributed by atoms with Crippen LogP contribution >= 0.6 is 23.4 Å². The van der Waals surface area contributed by atoms with Crippen LogP contribution in [-0.4, -0.2) is 29.2 Å². The first kappa shape index (κ1) is 20.5. The predicted octanol–water partition coefficient (Wildman–Crippen LogP) is 4.70. The van der Waals surface area contributed by atoms with E-state index in [1.165, 1.54) is 10.4 Å². The number of hydrogen-bond acceptors (Lipinski definition) is 5. The van der Waals surface area contributed by atoms with E-state index in [2.05, 4.69) is 5.32 Å². The predicted molar refractivity (Wildman–Crippen MR) is 105 cm³/mol. The first-order valence-electron chi connectivity index (χ1n) is 7.66. The maximum absolute atomic E-state index is 14.3. The third-order valence-electron chi connectivity index (χ3n) is 3.80. The molecule has 3 rings (SSSR count). The molecular weight excluding hydrogens is 384 g/mol. The molecule has 0 saturated carbocycles. The van der Waals surface area contributed by atoms with Crippen molar-refractivity contribution in [3.63, 3.8) is 0 Å². The number of benzene rings is 2. The third-order valence-corrected chi connectivity index (χ3v) is 5.62. The fourth-order valence-electron chi connectivity index (χ4n) is 2.69. The fourth-order valence-corrected chi connectivity index (χ4v) is 4.42. The molecule has 0 atom stereocenters. The van der Waals surface area contributed by atoms with E-state index in [1.807, 2.05) is 13.1 Å². The molecule has 0 aromatic heterocycles. The van der Waals surface area contributed by atoms with Crippen LogP contribution in [0.5, 0.6) is 0 Å². The van der Waals surface area contributed by atoms with Gasteiger partial charge in [-0.2, -0.15) is 0 Å². The molecule has 0 bridgehead atoms. The largest absolute Gasteiger partial charge is 0.316 e. The number of fused-ring (bicyclic) bond motifs is 1. The molecule has 1 heterocycles. The van der Waals surface area contributed by atoms with Gasteiger partial charge in [-0.05, 0) is 42.3 Å². The number of rotatable bonds is 5. The molecule has 0 fully saturated rings. The normalized spacial score (nSPS) is 16.5. The number of para-hydroxylation sites is 2. The fraction of sp³-hybridized carbons (Fsp3) is 0.176. The minimum Gasteiger partial charge on any atom is -0.316 e. The Kier molecular flexibility index (Phi) is 6.48. The molecule has 3 N–H and O–H groups in total. The Hall–Kier alpha value is -1.84. The molecule has 0 amide bonds. The van der Waals surface area contributed by atoms with Gasteiger partial charge in [-0.25, -0.2) is 17.4 Å². The molecule has 0 aliphatic carbocycles. The Balaban J connectivity index is 0.00000243. The molecule has 0 radical (unpaired) electrons. The van der Waals surface area contributed by atoms with Gasteiger partial charge < -0.3 is 5.32 Å². The summed E-state index contributed by atoms with van der Waals surface area (Å²) in [6, 6.07) is 9.91. The third kappa shape index (κ3) is 3.65. The number of nitrogens with one attached hydrogen (secondary N) is 1. The van der Waals surface area contributed by atoms with E-state index in [0.29, 0.717) is 17.9 Å². The first-order chi connectivity index (χ1) is 12.0. The van der Waals surface area contributed by atoms with Gasteiger partial charge in [0.05, 0.1) is 17.9 Å². The minimum absolute atomic E-state index is 0. The molecule has 1 aliphatic heterocycles. The van der Waals surface area contributed by atoms with Crippen molar-refractivity contribution in [2.24, 2.45) is 0 Å². The smallest absolute Gasteiger partial charge is 0.151 e. The SMILES string of the molecule is CNCC=CCN1c2ccccc2N(c2ccc(F)cc2F)S1(O)O.Cl. The van der Waals surface area contributed by atoms with Crippen LogP contribution in [0, 0.1) is 11.6 Å². The maximum atomic E-state index is 14.3. The van der Waals surface area contributed by atoms with Crippen molar-refractivity contribution in [3.8, 4) is 0 Å². The maximum Gasteiger partial charge on any atom is 0.151 e. The standard InChI is InChI=1S/C17H19F2N3O2S.ClH/c1-20-10-4-5-11-21-16-6-2-3-7-17(16)22(25(21,23)24)15-9-8-13(18)12-14(15)19;/h2-9,12,20,23-24H,10-11H2,1H3;1H. The van der Waals surface area contributed by atoms with Crippen LogP contribution in [0.3, 0.4) is 0 Å². The molecule has 26 heavy (non-hydrogen) atoms. The summed E-state index contributed by atoms with van der Waals surface area (Å²) in [5.41, 5.74) is 0.936. The van der Waals surface area contributed by atoms with Gasteiger partial charge in [0.15, 0.2) is 5.82 Å². The summed E-state index contributed by atoms with van der Waals surface area (Å²) >= 11 is 0. The average molecular weight is 404 g/mol. The van der Waals surface area contributed by atoms with Crippen molar-refractivity contribution in [3.05, 3.63) is 66.3 Å². The van der Waals surface area contributed by atoms with Crippen LogP contribution in [0.1, 0.15) is 0 Å². The highest BCUT2D eigenvalue weighted by Crippen LogP contribution is 2.64. The Morgan fingerprint density at radius 1 is 1.04 bits per heavy atom. The summed E-state index contributed by atoms with van der Waals surface area (Å²) < 4.78 is 51.7. The van der Waals surface area contributed by atoms with Crippen LogP contribution in [0.15, 0.2) is 54.6 Å². The molecule has 0 spiro atoms. The minimum atomic E-state index is -3.53. The van der Waals surface area contributed by atoms with Gasteiger partial charge >= 0.3 is 0 Å². The summed E-state index contributed by atoms with van der Waals surface area (Å²) in [7, 11) is -1.72. The lowest BCUT2D eigenvalue weighted by molar-refractivity contribution is 0.485. The van der Waals surface area contributed by atoms with Crippen LogP contribution in [-0.2, 0) is 0 Å². The number of nitrogens with zero attached hydrogens (tertiary/aromatic N) is 2. The van der Waals surface area contributed by atoms with E-state index in [0.717, 1.165) is 16.4 Å². The van der Waals surface area contributed by atoms with Crippen molar-refractivity contribution >= 4 is 40.4 Å². The second kappa shape index (κ2) is 8.24. The van der Waals surface area contributed by atoms with E-state index in [4.69, 9.17) is 0 Å². The lowest BCUT2D eigenvalue weighted by atomic mass is 10.2. The molecule has 5 nitrogen and oxygen atoms in total. The molecular formula is C17H20ClF2N3O2S. The highest BCUT2D eigenvalue weighted by molar-refractivity contribution is 8.27. The van der Waals surface area contributed by atoms with Crippen LogP contribution < -0.4 is 13.9 Å². The summed E-state index contributed by atoms with van der Waals surface area (Å²) in [5, 5.41) is 2.96. The van der Waals surface area contributed by atoms with Crippen molar-refractivity contribution in [1.29, 1.82) is 0 Å². The van der Waals surface area contributed by atoms with Crippen molar-refractivity contribution in [2.45, 2.75) is 0 Å². The van der Waals surface area contributed by atoms with Gasteiger partial charge in [-0.15, -0.1) is 12.4 Å². The van der Waals surface area contributed by atoms with E-state index in [1.54, 1.807) is 30.3 Å². The van der Waals surface area contributed by atoms with Crippen LogP contribution in [0.2, 0.25) is 0 Å². The van der Waals surface area contributed by atoms with Crippen molar-refractivity contribution < 1.29 is 17.9 Å². The zero-order valence-corrected chi connectivity index (χ0v) is 15.6. The summed E-state index contributed by atoms with van der Waals surface area (Å²) in [6.45, 7) is 0.880. The molecule has 0 saturated heterocycles. The van der Waals surface area contributed by atoms with E-state index in [9.17, 15) is 17.9 Å². The zero-order valence-electron chi connectivity index (χ0n) is 14.0. The van der Waals surface area contributed by atoms with Crippen molar-refractivity contribution in [2.75, 3.05) is 28.7 Å². The number of anilines is 3. The lowest BCUT2D eigenvalue weighted by Crippen LogP contribution is -2.31. The Labute approximate surface area is 159 Å². The number of hydrogen-bond donors (Lipinski definition) is 3. The Bertz CT molecular complexity index is 807. The first-order valence-corrected chi connectivity index (χ1v) is 9.12. The summed E-state index contributed by atoms with van der Waals surface area (Å²) in [5.74, 6) is -1.58. The number of likely N-dealkylation sites (N-methyl/N-ethyl adjacent to an activating group) is 1. The molecule has 142 valence electrons. The molecule has 1 aliphatic rings. The monoisotopic (exact) mass is 403 g/mol. The quantitative estimate of drug-likeness (QED) is 0.632. The Morgan fingerprint density at radius 2 is 1.73 bits per heavy atom. The van der Waals surface area contributed by atoms with E-state index >= 15 is 0 Å². The summed E-state index contributed by atoms with van der Waals surface area (Å²) in [4.78, 5) is 0. The van der Waals surface area contributed by atoms with E-state index in [-0.39, 0.29) is 24.6 Å². The average Bonchev–Trinajstić information content (AvgIpc) is 2.79. The van der Waals surface area contributed by atoms with Gasteiger partial charge in [-0.1, -0.05) is 24.3 Å². The highest BCUT2D eigenvalue weighted by Gasteiger charge is 2.42. The lowest BCUT2D eigenvalue weighted by Gasteiger charge is -2.43. The van der Waals surface area contributed by atoms with Gasteiger partial charge in [0.2, 0.25) is 0 Å². The molecule has 2 aromatic carbocycles. The molecule has 2 aromatic rings. The van der Waals surface area contributed by atoms with Crippen LogP contribution in [0.4, 0.5) is 25.8 Å². The van der Waals surface area contributed by atoms with E-state index < -0.39 is 22.6 Å². The topological polar surface area (TPSA) is 59.0 Å². The second-order valence-electron chi connectivity index (χ2n) is 5.46. The van der Waals surface area contributed by atoms with Gasteiger partial charge in [0.1, 0.15) is 11.5 Å². The summed E-state index contributed by atoms with van der Waals surface area (Å²) in [6.07, 6.45) is 3.66. The second-order valence-corrected chi connectivity index (χ2v) is 7.24. The van der Waals surface area contributed by atoms with Crippen LogP contribution in [0.25, 0.3) is 0 Å². The van der Waals surface area contributed by atoms with Gasteiger partial charge in [0, 0.05) is 12.6 Å². The molecule has 9 heteroatoms.